The fraction of sp³-hybridized carbons (Fsp3) is 0.214. The molecule has 0 atom stereocenters. The first kappa shape index (κ1) is 13.9. The van der Waals surface area contributed by atoms with Gasteiger partial charge in [-0.2, -0.15) is 5.10 Å². The molecule has 0 spiro atoms. The van der Waals surface area contributed by atoms with Gasteiger partial charge in [-0.1, -0.05) is 23.4 Å². The van der Waals surface area contributed by atoms with E-state index in [1.807, 2.05) is 12.1 Å². The van der Waals surface area contributed by atoms with Crippen LogP contribution in [0.5, 0.6) is 0 Å². The topological polar surface area (TPSA) is 94.7 Å². The second-order valence-electron chi connectivity index (χ2n) is 4.88. The maximum Gasteiger partial charge on any atom is 0.274 e. The third-order valence-electron chi connectivity index (χ3n) is 3.28. The lowest BCUT2D eigenvalue weighted by molar-refractivity contribution is 0.0945. The van der Waals surface area contributed by atoms with Crippen molar-refractivity contribution in [1.29, 1.82) is 0 Å². The van der Waals surface area contributed by atoms with Gasteiger partial charge in [0.25, 0.3) is 11.5 Å². The number of carbonyl (C=O) groups excluding carboxylic acids is 1. The number of amides is 1. The zero-order valence-corrected chi connectivity index (χ0v) is 12.1. The molecule has 0 aliphatic heterocycles. The summed E-state index contributed by atoms with van der Waals surface area (Å²) in [4.78, 5) is 24.0. The summed E-state index contributed by atoms with van der Waals surface area (Å²) in [6.07, 6.45) is 1.53. The van der Waals surface area contributed by atoms with Crippen molar-refractivity contribution in [3.05, 3.63) is 52.2 Å². The molecule has 0 aliphatic carbocycles. The van der Waals surface area contributed by atoms with Crippen LogP contribution in [-0.2, 0) is 20.6 Å². The number of hydrogen-bond donors (Lipinski definition) is 1. The molecule has 0 aliphatic rings. The van der Waals surface area contributed by atoms with Crippen LogP contribution in [0, 0.1) is 0 Å². The molecule has 2 heterocycles. The normalized spacial score (nSPS) is 10.8. The van der Waals surface area contributed by atoms with Crippen LogP contribution in [-0.4, -0.2) is 30.7 Å². The van der Waals surface area contributed by atoms with Crippen LogP contribution in [0.4, 0.5) is 0 Å². The second kappa shape index (κ2) is 5.40. The molecule has 0 radical (unpaired) electrons. The van der Waals surface area contributed by atoms with Gasteiger partial charge in [-0.15, -0.1) is 5.10 Å². The SMILES string of the molecule is Cn1cc(C(=O)NCc2nn(C)c(=O)c3ccccc23)nn1. The first-order valence-corrected chi connectivity index (χ1v) is 6.65. The standard InChI is InChI=1S/C14H14N6O2/c1-19-8-12(16-18-19)13(21)15-7-11-9-5-3-4-6-10(9)14(22)20(2)17-11/h3-6,8H,7H2,1-2H3,(H,15,21). The molecule has 1 N–H and O–H groups in total. The molecule has 3 rings (SSSR count). The van der Waals surface area contributed by atoms with Crippen LogP contribution < -0.4 is 10.9 Å². The van der Waals surface area contributed by atoms with E-state index in [1.54, 1.807) is 26.2 Å². The van der Waals surface area contributed by atoms with E-state index < -0.39 is 0 Å². The number of fused-ring (bicyclic) bond motifs is 1. The van der Waals surface area contributed by atoms with E-state index in [9.17, 15) is 9.59 Å². The van der Waals surface area contributed by atoms with E-state index in [1.165, 1.54) is 15.6 Å². The molecule has 1 aromatic carbocycles. The van der Waals surface area contributed by atoms with Gasteiger partial charge in [-0.05, 0) is 6.07 Å². The lowest BCUT2D eigenvalue weighted by atomic mass is 10.1. The van der Waals surface area contributed by atoms with Crippen molar-refractivity contribution in [2.45, 2.75) is 6.54 Å². The largest absolute Gasteiger partial charge is 0.345 e. The summed E-state index contributed by atoms with van der Waals surface area (Å²) in [6, 6.07) is 7.18. The number of benzene rings is 1. The van der Waals surface area contributed by atoms with Gasteiger partial charge >= 0.3 is 0 Å². The summed E-state index contributed by atoms with van der Waals surface area (Å²) in [5.41, 5.74) is 0.686. The van der Waals surface area contributed by atoms with Crippen LogP contribution in [0.25, 0.3) is 10.8 Å². The Labute approximate surface area is 125 Å². The van der Waals surface area contributed by atoms with Gasteiger partial charge in [0.05, 0.1) is 23.8 Å². The quantitative estimate of drug-likeness (QED) is 0.734. The predicted octanol–water partition coefficient (Wildman–Crippen LogP) is -0.00800. The van der Waals surface area contributed by atoms with E-state index >= 15 is 0 Å². The van der Waals surface area contributed by atoms with Crippen molar-refractivity contribution in [3.63, 3.8) is 0 Å². The summed E-state index contributed by atoms with van der Waals surface area (Å²) < 4.78 is 2.72. The van der Waals surface area contributed by atoms with Crippen molar-refractivity contribution in [2.24, 2.45) is 14.1 Å². The number of carbonyl (C=O) groups is 1. The van der Waals surface area contributed by atoms with E-state index in [-0.39, 0.29) is 23.7 Å². The first-order valence-electron chi connectivity index (χ1n) is 6.65. The third kappa shape index (κ3) is 2.46. The fourth-order valence-corrected chi connectivity index (χ4v) is 2.21. The molecule has 1 amide bonds. The number of aromatic nitrogens is 5. The second-order valence-corrected chi connectivity index (χ2v) is 4.88. The number of aryl methyl sites for hydroxylation is 2. The number of nitrogens with zero attached hydrogens (tertiary/aromatic N) is 5. The zero-order valence-electron chi connectivity index (χ0n) is 12.1. The van der Waals surface area contributed by atoms with Gasteiger partial charge < -0.3 is 5.32 Å². The summed E-state index contributed by atoms with van der Waals surface area (Å²) in [7, 11) is 3.27. The molecule has 0 bridgehead atoms. The minimum atomic E-state index is -0.340. The Morgan fingerprint density at radius 1 is 1.23 bits per heavy atom. The monoisotopic (exact) mass is 298 g/mol. The zero-order chi connectivity index (χ0) is 15.7. The van der Waals surface area contributed by atoms with E-state index in [0.717, 1.165) is 5.39 Å². The van der Waals surface area contributed by atoms with Crippen molar-refractivity contribution in [3.8, 4) is 0 Å². The van der Waals surface area contributed by atoms with Crippen LogP contribution in [0.15, 0.2) is 35.3 Å². The lowest BCUT2D eigenvalue weighted by Crippen LogP contribution is -2.27. The molecule has 0 fully saturated rings. The van der Waals surface area contributed by atoms with Gasteiger partial charge in [-0.3, -0.25) is 14.3 Å². The molecule has 0 saturated heterocycles. The van der Waals surface area contributed by atoms with Crippen molar-refractivity contribution in [2.75, 3.05) is 0 Å². The highest BCUT2D eigenvalue weighted by Gasteiger charge is 2.12. The van der Waals surface area contributed by atoms with Gasteiger partial charge in [0.2, 0.25) is 0 Å². The maximum atomic E-state index is 12.0. The van der Waals surface area contributed by atoms with Gasteiger partial charge in [0.15, 0.2) is 5.69 Å². The molecule has 3 aromatic rings. The molecule has 8 nitrogen and oxygen atoms in total. The third-order valence-corrected chi connectivity index (χ3v) is 3.28. The van der Waals surface area contributed by atoms with E-state index in [0.29, 0.717) is 11.1 Å². The Kier molecular flexibility index (Phi) is 3.42. The average Bonchev–Trinajstić information content (AvgIpc) is 2.96. The molecule has 0 unspecified atom stereocenters. The number of nitrogens with one attached hydrogen (secondary N) is 1. The highest BCUT2D eigenvalue weighted by atomic mass is 16.2. The fourth-order valence-electron chi connectivity index (χ4n) is 2.21. The smallest absolute Gasteiger partial charge is 0.274 e. The number of rotatable bonds is 3. The molecule has 112 valence electrons. The average molecular weight is 298 g/mol. The lowest BCUT2D eigenvalue weighted by Gasteiger charge is -2.08. The Balaban J connectivity index is 1.90. The summed E-state index contributed by atoms with van der Waals surface area (Å²) in [5.74, 6) is -0.340. The minimum Gasteiger partial charge on any atom is -0.345 e. The summed E-state index contributed by atoms with van der Waals surface area (Å²) in [5, 5.41) is 15.7. The molecule has 8 heteroatoms. The molecule has 22 heavy (non-hydrogen) atoms. The molecular formula is C14H14N6O2. The molecule has 0 saturated carbocycles. The van der Waals surface area contributed by atoms with E-state index in [2.05, 4.69) is 20.7 Å². The predicted molar refractivity (Wildman–Crippen MR) is 79.2 cm³/mol. The van der Waals surface area contributed by atoms with Gasteiger partial charge in [0.1, 0.15) is 0 Å². The Morgan fingerprint density at radius 3 is 2.64 bits per heavy atom. The van der Waals surface area contributed by atoms with Crippen LogP contribution >= 0.6 is 0 Å². The number of hydrogen-bond acceptors (Lipinski definition) is 5. The highest BCUT2D eigenvalue weighted by molar-refractivity contribution is 5.92. The van der Waals surface area contributed by atoms with Crippen molar-refractivity contribution >= 4 is 16.7 Å². The Hall–Kier alpha value is -3.03. The Morgan fingerprint density at radius 2 is 1.95 bits per heavy atom. The van der Waals surface area contributed by atoms with E-state index in [4.69, 9.17) is 0 Å². The first-order chi connectivity index (χ1) is 10.6. The van der Waals surface area contributed by atoms with Crippen molar-refractivity contribution < 1.29 is 4.79 Å². The van der Waals surface area contributed by atoms with Crippen LogP contribution in [0.1, 0.15) is 16.2 Å². The summed E-state index contributed by atoms with van der Waals surface area (Å²) in [6.45, 7) is 0.198. The molecular weight excluding hydrogens is 284 g/mol. The minimum absolute atomic E-state index is 0.167. The maximum absolute atomic E-state index is 12.0. The van der Waals surface area contributed by atoms with Gasteiger partial charge in [-0.25, -0.2) is 4.68 Å². The Bertz CT molecular complexity index is 911. The van der Waals surface area contributed by atoms with Gasteiger partial charge in [0, 0.05) is 19.5 Å². The highest BCUT2D eigenvalue weighted by Crippen LogP contribution is 2.12. The van der Waals surface area contributed by atoms with Crippen LogP contribution in [0.3, 0.4) is 0 Å². The summed E-state index contributed by atoms with van der Waals surface area (Å²) >= 11 is 0. The molecule has 2 aromatic heterocycles. The van der Waals surface area contributed by atoms with Crippen LogP contribution in [0.2, 0.25) is 0 Å². The van der Waals surface area contributed by atoms with Crippen molar-refractivity contribution in [1.82, 2.24) is 30.1 Å².